The van der Waals surface area contributed by atoms with Crippen molar-refractivity contribution in [3.8, 4) is 0 Å². The highest BCUT2D eigenvalue weighted by Gasteiger charge is 2.42. The smallest absolute Gasteiger partial charge is 0.337 e. The zero-order valence-electron chi connectivity index (χ0n) is 23.4. The Hall–Kier alpha value is -4.05. The molecule has 0 amide bonds. The van der Waals surface area contributed by atoms with E-state index in [1.54, 1.807) is 11.6 Å². The molecule has 0 saturated carbocycles. The Morgan fingerprint density at radius 1 is 1.20 bits per heavy atom. The second-order valence-corrected chi connectivity index (χ2v) is 13.3. The quantitative estimate of drug-likeness (QED) is 0.235. The number of ether oxygens (including phenoxy) is 1. The molecular weight excluding hydrogens is 653 g/mol. The molecule has 0 radical (unpaired) electrons. The molecule has 10 nitrogen and oxygen atoms in total. The lowest BCUT2D eigenvalue weighted by Crippen LogP contribution is -2.39. The van der Waals surface area contributed by atoms with Crippen molar-refractivity contribution in [2.45, 2.75) is 30.8 Å². The largest absolute Gasteiger partial charge is 0.465 e. The number of halogens is 4. The highest BCUT2D eigenvalue weighted by Crippen LogP contribution is 2.46. The van der Waals surface area contributed by atoms with Gasteiger partial charge in [0.25, 0.3) is 0 Å². The van der Waals surface area contributed by atoms with E-state index < -0.39 is 40.4 Å². The molecule has 4 heterocycles. The number of sulfonamides is 1. The number of amidine groups is 1. The third kappa shape index (κ3) is 6.38. The van der Waals surface area contributed by atoms with Crippen molar-refractivity contribution >= 4 is 50.3 Å². The molecule has 2 aliphatic rings. The van der Waals surface area contributed by atoms with Crippen LogP contribution in [0, 0.1) is 5.82 Å². The van der Waals surface area contributed by atoms with E-state index >= 15 is 0 Å². The van der Waals surface area contributed by atoms with Gasteiger partial charge in [0.2, 0.25) is 10.0 Å². The number of esters is 1. The van der Waals surface area contributed by atoms with Crippen LogP contribution >= 0.6 is 22.9 Å². The number of benzene rings is 2. The SMILES string of the molecule is COC(=O)c1ccc(CS(=O)(=O)N[C@H]2CC3=C(c4ccn(C(F)F)n4)[C@H](c4ccc(F)cc4Cl)N=C(c4nccs4)N3C2)cc1. The molecule has 2 aromatic heterocycles. The number of thiazole rings is 1. The Kier molecular flexibility index (Phi) is 8.52. The molecule has 16 heteroatoms. The van der Waals surface area contributed by atoms with Gasteiger partial charge in [-0.15, -0.1) is 11.3 Å². The van der Waals surface area contributed by atoms with Gasteiger partial charge in [-0.05, 0) is 35.9 Å². The molecule has 0 bridgehead atoms. The van der Waals surface area contributed by atoms with Gasteiger partial charge < -0.3 is 9.64 Å². The number of carbonyl (C=O) groups excluding carboxylic acids is 1. The van der Waals surface area contributed by atoms with E-state index in [0.717, 1.165) is 12.3 Å². The summed E-state index contributed by atoms with van der Waals surface area (Å²) in [5.74, 6) is -1.01. The molecule has 0 aliphatic carbocycles. The maximum Gasteiger partial charge on any atom is 0.337 e. The summed E-state index contributed by atoms with van der Waals surface area (Å²) in [7, 11) is -2.63. The Morgan fingerprint density at radius 2 is 1.98 bits per heavy atom. The number of nitrogens with zero attached hydrogens (tertiary/aromatic N) is 5. The molecule has 1 fully saturated rings. The Balaban J connectivity index is 1.38. The number of hydrogen-bond acceptors (Lipinski definition) is 9. The number of aromatic nitrogens is 3. The fourth-order valence-corrected chi connectivity index (χ4v) is 7.69. The van der Waals surface area contributed by atoms with Crippen molar-refractivity contribution in [2.75, 3.05) is 13.7 Å². The number of rotatable bonds is 9. The lowest BCUT2D eigenvalue weighted by molar-refractivity contribution is 0.0563. The molecule has 2 aromatic carbocycles. The van der Waals surface area contributed by atoms with E-state index in [1.165, 1.54) is 60.9 Å². The first kappa shape index (κ1) is 31.0. The van der Waals surface area contributed by atoms with Crippen LogP contribution in [0.15, 0.2) is 77.0 Å². The van der Waals surface area contributed by atoms with Crippen LogP contribution in [-0.2, 0) is 20.5 Å². The summed E-state index contributed by atoms with van der Waals surface area (Å²) < 4.78 is 75.8. The average molecular weight is 677 g/mol. The third-order valence-corrected chi connectivity index (χ3v) is 9.81. The van der Waals surface area contributed by atoms with Gasteiger partial charge in [0.1, 0.15) is 11.9 Å². The molecule has 6 rings (SSSR count). The maximum atomic E-state index is 14.0. The van der Waals surface area contributed by atoms with Crippen LogP contribution in [0.4, 0.5) is 13.2 Å². The first-order chi connectivity index (χ1) is 21.5. The second kappa shape index (κ2) is 12.4. The Bertz CT molecular complexity index is 1910. The number of aliphatic imine (C=N–C) groups is 1. The van der Waals surface area contributed by atoms with Crippen LogP contribution in [0.1, 0.15) is 51.2 Å². The summed E-state index contributed by atoms with van der Waals surface area (Å²) in [5.41, 5.74) is 2.38. The first-order valence-electron chi connectivity index (χ1n) is 13.5. The molecule has 2 aliphatic heterocycles. The molecule has 1 saturated heterocycles. The van der Waals surface area contributed by atoms with Crippen LogP contribution in [0.25, 0.3) is 5.57 Å². The van der Waals surface area contributed by atoms with Gasteiger partial charge in [0.15, 0.2) is 10.8 Å². The van der Waals surface area contributed by atoms with Gasteiger partial charge in [-0.3, -0.25) is 4.99 Å². The minimum atomic E-state index is -3.89. The minimum Gasteiger partial charge on any atom is -0.465 e. The second-order valence-electron chi connectivity index (χ2n) is 10.3. The standard InChI is InChI=1S/C29H24ClF3N6O4S2/c1-43-28(40)17-4-2-16(3-5-17)15-45(41,42)37-19-13-23-24(22-8-10-39(36-22)29(32)33)25(20-7-6-18(31)12-21(20)30)35-26(38(23)14-19)27-34-9-11-44-27/h2-12,19,25,29,37H,13-15H2,1H3/t19-,25-/m0/s1. The van der Waals surface area contributed by atoms with Crippen molar-refractivity contribution in [3.05, 3.63) is 110 Å². The van der Waals surface area contributed by atoms with E-state index in [4.69, 9.17) is 16.6 Å². The van der Waals surface area contributed by atoms with Crippen molar-refractivity contribution in [1.82, 2.24) is 24.4 Å². The number of carbonyl (C=O) groups is 1. The van der Waals surface area contributed by atoms with Crippen LogP contribution < -0.4 is 4.72 Å². The molecule has 1 N–H and O–H groups in total. The number of nitrogens with one attached hydrogen (secondary N) is 1. The van der Waals surface area contributed by atoms with Crippen LogP contribution in [0.5, 0.6) is 0 Å². The van der Waals surface area contributed by atoms with Crippen LogP contribution in [0.3, 0.4) is 0 Å². The number of fused-ring (bicyclic) bond motifs is 1. The average Bonchev–Trinajstić information content (AvgIpc) is 3.77. The van der Waals surface area contributed by atoms with E-state index in [-0.39, 0.29) is 35.0 Å². The molecule has 0 spiro atoms. The van der Waals surface area contributed by atoms with Gasteiger partial charge >= 0.3 is 12.5 Å². The lowest BCUT2D eigenvalue weighted by Gasteiger charge is -2.32. The maximum absolute atomic E-state index is 14.0. The van der Waals surface area contributed by atoms with Gasteiger partial charge in [-0.1, -0.05) is 29.8 Å². The van der Waals surface area contributed by atoms with E-state index in [1.807, 2.05) is 4.90 Å². The van der Waals surface area contributed by atoms with Crippen LogP contribution in [0.2, 0.25) is 5.02 Å². The summed E-state index contributed by atoms with van der Waals surface area (Å²) in [4.78, 5) is 22.9. The van der Waals surface area contributed by atoms with Crippen molar-refractivity contribution in [2.24, 2.45) is 4.99 Å². The summed E-state index contributed by atoms with van der Waals surface area (Å²) >= 11 is 7.81. The monoisotopic (exact) mass is 676 g/mol. The zero-order chi connectivity index (χ0) is 31.9. The molecule has 4 aromatic rings. The fourth-order valence-electron chi connectivity index (χ4n) is 5.40. The first-order valence-corrected chi connectivity index (χ1v) is 16.4. The van der Waals surface area contributed by atoms with E-state index in [9.17, 15) is 26.4 Å². The molecular formula is C29H24ClF3N6O4S2. The zero-order valence-corrected chi connectivity index (χ0v) is 25.8. The topological polar surface area (TPSA) is 119 Å². The van der Waals surface area contributed by atoms with Crippen molar-refractivity contribution in [1.29, 1.82) is 0 Å². The van der Waals surface area contributed by atoms with E-state index in [2.05, 4.69) is 19.5 Å². The minimum absolute atomic E-state index is 0.0792. The van der Waals surface area contributed by atoms with Gasteiger partial charge in [0, 0.05) is 58.6 Å². The Morgan fingerprint density at radius 3 is 2.62 bits per heavy atom. The lowest BCUT2D eigenvalue weighted by atomic mass is 9.92. The normalized spacial score (nSPS) is 18.4. The Labute approximate surface area is 264 Å². The number of methoxy groups -OCH3 is 1. The highest BCUT2D eigenvalue weighted by molar-refractivity contribution is 7.88. The summed E-state index contributed by atoms with van der Waals surface area (Å²) in [6, 6.07) is 9.80. The van der Waals surface area contributed by atoms with Crippen molar-refractivity contribution in [3.63, 3.8) is 0 Å². The predicted octanol–water partition coefficient (Wildman–Crippen LogP) is 5.42. The van der Waals surface area contributed by atoms with Gasteiger partial charge in [-0.2, -0.15) is 13.9 Å². The number of alkyl halides is 2. The molecule has 2 atom stereocenters. The number of hydrogen-bond donors (Lipinski definition) is 1. The summed E-state index contributed by atoms with van der Waals surface area (Å²) in [6.07, 6.45) is 2.91. The summed E-state index contributed by atoms with van der Waals surface area (Å²) in [5, 5.41) is 6.49. The molecule has 234 valence electrons. The molecule has 0 unspecified atom stereocenters. The third-order valence-electron chi connectivity index (χ3n) is 7.30. The van der Waals surface area contributed by atoms with E-state index in [0.29, 0.717) is 37.9 Å². The fraction of sp³-hybridized carbons (Fsp3) is 0.241. The van der Waals surface area contributed by atoms with Crippen molar-refractivity contribution < 1.29 is 31.1 Å². The molecule has 45 heavy (non-hydrogen) atoms. The van der Waals surface area contributed by atoms with Gasteiger partial charge in [-0.25, -0.2) is 32.0 Å². The summed E-state index contributed by atoms with van der Waals surface area (Å²) in [6.45, 7) is -2.73. The highest BCUT2D eigenvalue weighted by atomic mass is 35.5. The van der Waals surface area contributed by atoms with Gasteiger partial charge in [0.05, 0.1) is 24.1 Å². The predicted molar refractivity (Wildman–Crippen MR) is 162 cm³/mol. The van der Waals surface area contributed by atoms with Crippen LogP contribution in [-0.4, -0.2) is 59.6 Å².